The molecule has 0 N–H and O–H groups in total. The Bertz CT molecular complexity index is 624. The maximum absolute atomic E-state index is 11.2. The van der Waals surface area contributed by atoms with Crippen molar-refractivity contribution in [2.75, 3.05) is 6.61 Å². The van der Waals surface area contributed by atoms with Gasteiger partial charge in [0, 0.05) is 21.7 Å². The molecule has 0 bridgehead atoms. The molecule has 0 spiro atoms. The van der Waals surface area contributed by atoms with Crippen LogP contribution < -0.4 is 0 Å². The summed E-state index contributed by atoms with van der Waals surface area (Å²) in [5.41, 5.74) is 0.776. The van der Waals surface area contributed by atoms with Crippen molar-refractivity contribution in [2.45, 2.75) is 6.92 Å². The van der Waals surface area contributed by atoms with E-state index >= 15 is 0 Å². The van der Waals surface area contributed by atoms with E-state index in [0.717, 1.165) is 5.56 Å². The minimum atomic E-state index is -0.406. The maximum Gasteiger partial charge on any atom is 0.330 e. The number of rotatable bonds is 4. The summed E-state index contributed by atoms with van der Waals surface area (Å²) in [7, 11) is 0. The van der Waals surface area contributed by atoms with Crippen molar-refractivity contribution >= 4 is 35.2 Å². The largest absolute Gasteiger partial charge is 0.463 e. The normalized spacial score (nSPS) is 10.9. The van der Waals surface area contributed by atoms with Crippen LogP contribution in [0.25, 0.3) is 17.4 Å². The first-order chi connectivity index (χ1) is 9.58. The van der Waals surface area contributed by atoms with Gasteiger partial charge in [-0.3, -0.25) is 0 Å². The highest BCUT2D eigenvalue weighted by atomic mass is 35.5. The molecule has 20 heavy (non-hydrogen) atoms. The van der Waals surface area contributed by atoms with Crippen molar-refractivity contribution in [2.24, 2.45) is 0 Å². The minimum absolute atomic E-state index is 0.341. The Labute approximate surface area is 126 Å². The average molecular weight is 311 g/mol. The summed E-state index contributed by atoms with van der Waals surface area (Å²) in [6, 6.07) is 8.69. The third-order valence-corrected chi connectivity index (χ3v) is 2.88. The topological polar surface area (TPSA) is 39.4 Å². The molecule has 0 amide bonds. The third-order valence-electron chi connectivity index (χ3n) is 2.44. The van der Waals surface area contributed by atoms with E-state index in [1.54, 1.807) is 43.3 Å². The monoisotopic (exact) mass is 310 g/mol. The molecule has 0 aliphatic carbocycles. The lowest BCUT2D eigenvalue weighted by molar-refractivity contribution is -0.137. The smallest absolute Gasteiger partial charge is 0.330 e. The van der Waals surface area contributed by atoms with Crippen LogP contribution in [-0.4, -0.2) is 12.6 Å². The number of hydrogen-bond donors (Lipinski definition) is 0. The van der Waals surface area contributed by atoms with E-state index in [0.29, 0.717) is 28.2 Å². The Kier molecular flexibility index (Phi) is 4.88. The van der Waals surface area contributed by atoms with Crippen LogP contribution in [0, 0.1) is 0 Å². The number of carbonyl (C=O) groups excluding carboxylic acids is 1. The molecule has 0 radical (unpaired) electrons. The van der Waals surface area contributed by atoms with E-state index in [2.05, 4.69) is 0 Å². The third kappa shape index (κ3) is 3.89. The molecule has 5 heteroatoms. The van der Waals surface area contributed by atoms with Crippen molar-refractivity contribution in [3.05, 3.63) is 52.2 Å². The fourth-order valence-electron chi connectivity index (χ4n) is 1.63. The standard InChI is InChI=1S/C15H12Cl2O3/c1-2-19-15(18)6-4-13-3-5-14(20-13)10-7-11(16)9-12(17)8-10/h3-9H,2H2,1H3. The molecular weight excluding hydrogens is 299 g/mol. The van der Waals surface area contributed by atoms with Gasteiger partial charge in [0.15, 0.2) is 0 Å². The van der Waals surface area contributed by atoms with Gasteiger partial charge in [0.25, 0.3) is 0 Å². The van der Waals surface area contributed by atoms with E-state index in [-0.39, 0.29) is 0 Å². The fourth-order valence-corrected chi connectivity index (χ4v) is 2.16. The van der Waals surface area contributed by atoms with Crippen LogP contribution >= 0.6 is 23.2 Å². The average Bonchev–Trinajstić information content (AvgIpc) is 2.84. The molecule has 0 aliphatic heterocycles. The van der Waals surface area contributed by atoms with E-state index in [9.17, 15) is 4.79 Å². The summed E-state index contributed by atoms with van der Waals surface area (Å²) in [5, 5.41) is 1.07. The summed E-state index contributed by atoms with van der Waals surface area (Å²) in [4.78, 5) is 11.2. The number of hydrogen-bond acceptors (Lipinski definition) is 3. The Hall–Kier alpha value is -1.71. The molecule has 0 saturated carbocycles. The Morgan fingerprint density at radius 1 is 1.25 bits per heavy atom. The highest BCUT2D eigenvalue weighted by molar-refractivity contribution is 6.35. The van der Waals surface area contributed by atoms with Crippen LogP contribution in [0.5, 0.6) is 0 Å². The quantitative estimate of drug-likeness (QED) is 0.600. The molecule has 2 rings (SSSR count). The van der Waals surface area contributed by atoms with E-state index in [1.807, 2.05) is 0 Å². The zero-order valence-electron chi connectivity index (χ0n) is 10.7. The molecule has 1 aromatic heterocycles. The summed E-state index contributed by atoms with van der Waals surface area (Å²) < 4.78 is 10.4. The van der Waals surface area contributed by atoms with Gasteiger partial charge in [0.2, 0.25) is 0 Å². The zero-order valence-corrected chi connectivity index (χ0v) is 12.2. The molecule has 0 aliphatic rings. The molecule has 0 atom stereocenters. The number of ether oxygens (including phenoxy) is 1. The Morgan fingerprint density at radius 3 is 2.60 bits per heavy atom. The maximum atomic E-state index is 11.2. The number of benzene rings is 1. The Balaban J connectivity index is 2.18. The lowest BCUT2D eigenvalue weighted by atomic mass is 10.2. The molecule has 2 aromatic rings. The van der Waals surface area contributed by atoms with Gasteiger partial charge in [-0.15, -0.1) is 0 Å². The van der Waals surface area contributed by atoms with Crippen LogP contribution in [0.2, 0.25) is 10.0 Å². The van der Waals surface area contributed by atoms with E-state index in [4.69, 9.17) is 32.4 Å². The predicted molar refractivity (Wildman–Crippen MR) is 79.8 cm³/mol. The molecule has 0 unspecified atom stereocenters. The van der Waals surface area contributed by atoms with E-state index in [1.165, 1.54) is 6.08 Å². The second-order valence-electron chi connectivity index (χ2n) is 3.95. The lowest BCUT2D eigenvalue weighted by Gasteiger charge is -1.99. The van der Waals surface area contributed by atoms with Crippen LogP contribution in [-0.2, 0) is 9.53 Å². The second kappa shape index (κ2) is 6.64. The number of halogens is 2. The van der Waals surface area contributed by atoms with Gasteiger partial charge in [-0.2, -0.15) is 0 Å². The lowest BCUT2D eigenvalue weighted by Crippen LogP contribution is -1.98. The van der Waals surface area contributed by atoms with Crippen molar-refractivity contribution in [1.29, 1.82) is 0 Å². The molecular formula is C15H12Cl2O3. The highest BCUT2D eigenvalue weighted by Crippen LogP contribution is 2.28. The molecule has 1 aromatic carbocycles. The highest BCUT2D eigenvalue weighted by Gasteiger charge is 2.06. The second-order valence-corrected chi connectivity index (χ2v) is 4.82. The van der Waals surface area contributed by atoms with Crippen LogP contribution in [0.1, 0.15) is 12.7 Å². The SMILES string of the molecule is CCOC(=O)C=Cc1ccc(-c2cc(Cl)cc(Cl)c2)o1. The van der Waals surface area contributed by atoms with Gasteiger partial charge in [-0.25, -0.2) is 4.79 Å². The van der Waals surface area contributed by atoms with Gasteiger partial charge in [-0.05, 0) is 43.3 Å². The minimum Gasteiger partial charge on any atom is -0.463 e. The van der Waals surface area contributed by atoms with E-state index < -0.39 is 5.97 Å². The van der Waals surface area contributed by atoms with Crippen molar-refractivity contribution in [1.82, 2.24) is 0 Å². The van der Waals surface area contributed by atoms with Gasteiger partial charge in [0.05, 0.1) is 6.61 Å². The van der Waals surface area contributed by atoms with Gasteiger partial charge >= 0.3 is 5.97 Å². The zero-order chi connectivity index (χ0) is 14.5. The fraction of sp³-hybridized carbons (Fsp3) is 0.133. The first-order valence-electron chi connectivity index (χ1n) is 5.99. The molecule has 1 heterocycles. The first-order valence-corrected chi connectivity index (χ1v) is 6.75. The predicted octanol–water partition coefficient (Wildman–Crippen LogP) is 4.83. The summed E-state index contributed by atoms with van der Waals surface area (Å²) >= 11 is 11.9. The van der Waals surface area contributed by atoms with Crippen LogP contribution in [0.4, 0.5) is 0 Å². The van der Waals surface area contributed by atoms with Crippen LogP contribution in [0.15, 0.2) is 40.8 Å². The summed E-state index contributed by atoms with van der Waals surface area (Å²) in [6.45, 7) is 2.09. The number of carbonyl (C=O) groups is 1. The van der Waals surface area contributed by atoms with Crippen molar-refractivity contribution < 1.29 is 13.9 Å². The molecule has 104 valence electrons. The van der Waals surface area contributed by atoms with Crippen molar-refractivity contribution in [3.63, 3.8) is 0 Å². The van der Waals surface area contributed by atoms with Gasteiger partial charge in [-0.1, -0.05) is 23.2 Å². The van der Waals surface area contributed by atoms with Gasteiger partial charge < -0.3 is 9.15 Å². The Morgan fingerprint density at radius 2 is 1.95 bits per heavy atom. The summed E-state index contributed by atoms with van der Waals surface area (Å²) in [5.74, 6) is 0.762. The van der Waals surface area contributed by atoms with Crippen LogP contribution in [0.3, 0.4) is 0 Å². The van der Waals surface area contributed by atoms with Crippen molar-refractivity contribution in [3.8, 4) is 11.3 Å². The summed E-state index contributed by atoms with van der Waals surface area (Å²) in [6.07, 6.45) is 2.87. The van der Waals surface area contributed by atoms with Gasteiger partial charge in [0.1, 0.15) is 11.5 Å². The molecule has 3 nitrogen and oxygen atoms in total. The number of esters is 1. The first kappa shape index (κ1) is 14.7. The number of furan rings is 1. The molecule has 0 saturated heterocycles. The molecule has 0 fully saturated rings.